The van der Waals surface area contributed by atoms with Gasteiger partial charge in [-0.15, -0.1) is 24.0 Å². The zero-order valence-corrected chi connectivity index (χ0v) is 17.0. The first-order chi connectivity index (χ1) is 11.5. The number of aliphatic imine (C=N–C) groups is 1. The summed E-state index contributed by atoms with van der Waals surface area (Å²) < 4.78 is 18.3. The van der Waals surface area contributed by atoms with E-state index < -0.39 is 5.82 Å². The van der Waals surface area contributed by atoms with Crippen molar-refractivity contribution in [3.05, 3.63) is 35.1 Å². The maximum absolute atomic E-state index is 13.4. The van der Waals surface area contributed by atoms with Crippen LogP contribution in [0.5, 0.6) is 0 Å². The number of carbonyl (C=O) groups excluding carboxylic acids is 1. The molecule has 1 fully saturated rings. The summed E-state index contributed by atoms with van der Waals surface area (Å²) in [6.07, 6.45) is 0. The molecule has 6 nitrogen and oxygen atoms in total. The van der Waals surface area contributed by atoms with Crippen LogP contribution in [-0.4, -0.2) is 49.2 Å². The van der Waals surface area contributed by atoms with Crippen molar-refractivity contribution in [3.8, 4) is 0 Å². The second kappa shape index (κ2) is 9.91. The molecule has 0 aromatic heterocycles. The van der Waals surface area contributed by atoms with Gasteiger partial charge < -0.3 is 20.1 Å². The molecule has 0 bridgehead atoms. The van der Waals surface area contributed by atoms with Crippen LogP contribution in [0.3, 0.4) is 0 Å². The molecule has 0 amide bonds. The third-order valence-corrected chi connectivity index (χ3v) is 4.36. The summed E-state index contributed by atoms with van der Waals surface area (Å²) in [6.45, 7) is 3.40. The monoisotopic (exact) mass is 465 g/mol. The average molecular weight is 465 g/mol. The predicted octanol–water partition coefficient (Wildman–Crippen LogP) is 1.75. The molecule has 1 saturated heterocycles. The van der Waals surface area contributed by atoms with Gasteiger partial charge in [0.25, 0.3) is 0 Å². The molecule has 2 rings (SSSR count). The van der Waals surface area contributed by atoms with E-state index in [9.17, 15) is 9.18 Å². The van der Waals surface area contributed by atoms with Crippen LogP contribution >= 0.6 is 24.0 Å². The first kappa shape index (κ1) is 21.6. The summed E-state index contributed by atoms with van der Waals surface area (Å²) in [5.41, 5.74) is 1.11. The van der Waals surface area contributed by atoms with Gasteiger partial charge in [-0.05, 0) is 23.6 Å². The molecule has 25 heavy (non-hydrogen) atoms. The number of benzene rings is 1. The number of methoxy groups -OCH3 is 1. The van der Waals surface area contributed by atoms with Crippen molar-refractivity contribution in [2.45, 2.75) is 20.1 Å². The van der Waals surface area contributed by atoms with Crippen molar-refractivity contribution in [1.82, 2.24) is 10.2 Å². The van der Waals surface area contributed by atoms with Gasteiger partial charge in [0.15, 0.2) is 5.96 Å². The highest BCUT2D eigenvalue weighted by Crippen LogP contribution is 2.24. The lowest BCUT2D eigenvalue weighted by atomic mass is 9.99. The third kappa shape index (κ3) is 5.27. The van der Waals surface area contributed by atoms with Gasteiger partial charge in [-0.3, -0.25) is 9.79 Å². The zero-order chi connectivity index (χ0) is 17.7. The molecule has 0 radical (unpaired) electrons. The smallest absolute Gasteiger partial charge is 0.310 e. The number of likely N-dealkylation sites (tertiary alicyclic amines) is 1. The van der Waals surface area contributed by atoms with E-state index in [1.165, 1.54) is 13.2 Å². The fourth-order valence-corrected chi connectivity index (χ4v) is 2.97. The minimum atomic E-state index is -0.417. The number of rotatable bonds is 4. The van der Waals surface area contributed by atoms with Gasteiger partial charge in [0.05, 0.1) is 19.6 Å². The average Bonchev–Trinajstić information content (AvgIpc) is 2.97. The molecule has 0 saturated carbocycles. The van der Waals surface area contributed by atoms with Crippen LogP contribution in [0.2, 0.25) is 0 Å². The van der Waals surface area contributed by atoms with Gasteiger partial charge in [-0.25, -0.2) is 4.39 Å². The van der Waals surface area contributed by atoms with Crippen molar-refractivity contribution in [3.63, 3.8) is 0 Å². The third-order valence-electron chi connectivity index (χ3n) is 4.36. The van der Waals surface area contributed by atoms with Gasteiger partial charge in [-0.2, -0.15) is 0 Å². The number of nitrogens with one attached hydrogen (secondary N) is 1. The predicted molar refractivity (Wildman–Crippen MR) is 104 cm³/mol. The second-order valence-electron chi connectivity index (χ2n) is 6.00. The molecule has 2 unspecified atom stereocenters. The lowest BCUT2D eigenvalue weighted by Crippen LogP contribution is -2.40. The summed E-state index contributed by atoms with van der Waals surface area (Å²) in [4.78, 5) is 18.1. The molecule has 2 N–H and O–H groups in total. The highest BCUT2D eigenvalue weighted by Gasteiger charge is 2.36. The lowest BCUT2D eigenvalue weighted by Gasteiger charge is -2.21. The molecule has 1 aliphatic rings. The standard InChI is InChI=1S/C17H24FN3O3.HI/c1-11-8-21(9-14(11)16(23)24-3)17(19-2)20-7-12-4-5-15(18)13(6-12)10-22;/h4-6,11,14,22H,7-10H2,1-3H3,(H,19,20);1H. The summed E-state index contributed by atoms with van der Waals surface area (Å²) in [7, 11) is 3.08. The van der Waals surface area contributed by atoms with E-state index in [0.717, 1.165) is 5.56 Å². The zero-order valence-electron chi connectivity index (χ0n) is 14.7. The Hall–Kier alpha value is -1.42. The molecular formula is C17H25FIN3O3. The van der Waals surface area contributed by atoms with Gasteiger partial charge >= 0.3 is 5.97 Å². The van der Waals surface area contributed by atoms with E-state index in [1.807, 2.05) is 11.8 Å². The minimum absolute atomic E-state index is 0. The molecule has 1 aliphatic heterocycles. The molecule has 1 aromatic rings. The van der Waals surface area contributed by atoms with Crippen LogP contribution in [0.1, 0.15) is 18.1 Å². The molecule has 0 spiro atoms. The number of esters is 1. The van der Waals surface area contributed by atoms with Crippen LogP contribution in [0.25, 0.3) is 0 Å². The lowest BCUT2D eigenvalue weighted by molar-refractivity contribution is -0.145. The Labute approximate surface area is 164 Å². The minimum Gasteiger partial charge on any atom is -0.469 e. The number of carbonyl (C=O) groups is 1. The van der Waals surface area contributed by atoms with Crippen molar-refractivity contribution in [1.29, 1.82) is 0 Å². The molecule has 8 heteroatoms. The normalized spacial score (nSPS) is 20.2. The number of halogens is 2. The highest BCUT2D eigenvalue weighted by atomic mass is 127. The van der Waals surface area contributed by atoms with Gasteiger partial charge in [0.2, 0.25) is 0 Å². The van der Waals surface area contributed by atoms with Crippen molar-refractivity contribution in [2.24, 2.45) is 16.8 Å². The van der Waals surface area contributed by atoms with Crippen molar-refractivity contribution >= 4 is 35.9 Å². The molecule has 2 atom stereocenters. The summed E-state index contributed by atoms with van der Waals surface area (Å²) in [6, 6.07) is 4.63. The largest absolute Gasteiger partial charge is 0.469 e. The number of aliphatic hydroxyl groups is 1. The van der Waals surface area contributed by atoms with Gasteiger partial charge in [0, 0.05) is 32.2 Å². The first-order valence-corrected chi connectivity index (χ1v) is 7.91. The molecule has 0 aliphatic carbocycles. The van der Waals surface area contributed by atoms with E-state index in [2.05, 4.69) is 10.3 Å². The number of guanidine groups is 1. The van der Waals surface area contributed by atoms with Crippen LogP contribution in [0.4, 0.5) is 4.39 Å². The van der Waals surface area contributed by atoms with E-state index in [1.54, 1.807) is 19.2 Å². The van der Waals surface area contributed by atoms with Crippen molar-refractivity contribution in [2.75, 3.05) is 27.2 Å². The fraction of sp³-hybridized carbons (Fsp3) is 0.529. The Morgan fingerprint density at radius 1 is 1.48 bits per heavy atom. The Bertz CT molecular complexity index is 627. The Balaban J connectivity index is 0.00000312. The van der Waals surface area contributed by atoms with E-state index >= 15 is 0 Å². The van der Waals surface area contributed by atoms with E-state index in [-0.39, 0.29) is 54.0 Å². The van der Waals surface area contributed by atoms with Gasteiger partial charge in [-0.1, -0.05) is 13.0 Å². The first-order valence-electron chi connectivity index (χ1n) is 7.91. The SMILES string of the molecule is CN=C(NCc1ccc(F)c(CO)c1)N1CC(C)C(C(=O)OC)C1.I. The molecule has 1 aromatic carbocycles. The summed E-state index contributed by atoms with van der Waals surface area (Å²) in [5, 5.41) is 12.4. The highest BCUT2D eigenvalue weighted by molar-refractivity contribution is 14.0. The maximum Gasteiger partial charge on any atom is 0.310 e. The topological polar surface area (TPSA) is 74.2 Å². The molecular weight excluding hydrogens is 440 g/mol. The number of aliphatic hydroxyl groups excluding tert-OH is 1. The quantitative estimate of drug-likeness (QED) is 0.307. The van der Waals surface area contributed by atoms with Crippen LogP contribution in [0, 0.1) is 17.7 Å². The molecule has 140 valence electrons. The number of hydrogen-bond acceptors (Lipinski definition) is 4. The van der Waals surface area contributed by atoms with Crippen molar-refractivity contribution < 1.29 is 19.0 Å². The van der Waals surface area contributed by atoms with Crippen LogP contribution in [-0.2, 0) is 22.7 Å². The summed E-state index contributed by atoms with van der Waals surface area (Å²) in [5.74, 6) is 0.0813. The fourth-order valence-electron chi connectivity index (χ4n) is 2.97. The van der Waals surface area contributed by atoms with E-state index in [4.69, 9.17) is 9.84 Å². The Morgan fingerprint density at radius 2 is 2.20 bits per heavy atom. The Morgan fingerprint density at radius 3 is 2.80 bits per heavy atom. The molecule has 1 heterocycles. The Kier molecular flexibility index (Phi) is 8.57. The number of nitrogens with zero attached hydrogens (tertiary/aromatic N) is 2. The second-order valence-corrected chi connectivity index (χ2v) is 6.00. The van der Waals surface area contributed by atoms with Crippen LogP contribution < -0.4 is 5.32 Å². The summed E-state index contributed by atoms with van der Waals surface area (Å²) >= 11 is 0. The number of ether oxygens (including phenoxy) is 1. The van der Waals surface area contributed by atoms with E-state index in [0.29, 0.717) is 25.6 Å². The maximum atomic E-state index is 13.4. The van der Waals surface area contributed by atoms with Gasteiger partial charge in [0.1, 0.15) is 5.82 Å². The number of hydrogen-bond donors (Lipinski definition) is 2. The van der Waals surface area contributed by atoms with Crippen LogP contribution in [0.15, 0.2) is 23.2 Å².